The van der Waals surface area contributed by atoms with Crippen LogP contribution in [-0.4, -0.2) is 20.7 Å². The van der Waals surface area contributed by atoms with Crippen LogP contribution in [0.15, 0.2) is 57.8 Å². The van der Waals surface area contributed by atoms with Gasteiger partial charge in [0.15, 0.2) is 0 Å². The van der Waals surface area contributed by atoms with Crippen molar-refractivity contribution in [3.8, 4) is 11.5 Å². The molecule has 3 aromatic heterocycles. The van der Waals surface area contributed by atoms with E-state index >= 15 is 0 Å². The van der Waals surface area contributed by atoms with Crippen LogP contribution in [0.25, 0.3) is 22.4 Å². The highest BCUT2D eigenvalue weighted by Crippen LogP contribution is 2.22. The summed E-state index contributed by atoms with van der Waals surface area (Å²) >= 11 is 1.54. The van der Waals surface area contributed by atoms with E-state index in [2.05, 4.69) is 15.5 Å². The Morgan fingerprint density at radius 1 is 1.22 bits per heavy atom. The fraction of sp³-hybridized carbons (Fsp3) is 0.0625. The summed E-state index contributed by atoms with van der Waals surface area (Å²) in [5, 5.41) is 15.3. The van der Waals surface area contributed by atoms with Crippen LogP contribution >= 0.6 is 11.3 Å². The van der Waals surface area contributed by atoms with Gasteiger partial charge in [0.2, 0.25) is 5.91 Å². The average Bonchev–Trinajstić information content (AvgIpc) is 3.27. The van der Waals surface area contributed by atoms with Crippen LogP contribution in [-0.2, 0) is 11.3 Å². The molecule has 3 heterocycles. The van der Waals surface area contributed by atoms with E-state index in [0.717, 1.165) is 16.5 Å². The van der Waals surface area contributed by atoms with E-state index in [0.29, 0.717) is 5.89 Å². The number of hydrogen-bond acceptors (Lipinski definition) is 5. The zero-order valence-corrected chi connectivity index (χ0v) is 12.8. The monoisotopic (exact) mass is 324 g/mol. The third-order valence-corrected chi connectivity index (χ3v) is 4.12. The van der Waals surface area contributed by atoms with Crippen LogP contribution in [0.5, 0.6) is 0 Å². The van der Waals surface area contributed by atoms with Crippen molar-refractivity contribution in [2.24, 2.45) is 0 Å². The number of fused-ring (bicyclic) bond motifs is 1. The summed E-state index contributed by atoms with van der Waals surface area (Å²) in [6, 6.07) is 11.9. The normalized spacial score (nSPS) is 11.0. The quantitative estimate of drug-likeness (QED) is 0.624. The largest absolute Gasteiger partial charge is 0.403 e. The van der Waals surface area contributed by atoms with E-state index in [1.54, 1.807) is 11.3 Å². The van der Waals surface area contributed by atoms with Crippen molar-refractivity contribution in [2.75, 3.05) is 5.32 Å². The maximum Gasteiger partial charge on any atom is 0.322 e. The molecule has 4 rings (SSSR count). The van der Waals surface area contributed by atoms with E-state index in [9.17, 15) is 4.79 Å². The van der Waals surface area contributed by atoms with Crippen LogP contribution in [0, 0.1) is 0 Å². The van der Waals surface area contributed by atoms with Gasteiger partial charge in [-0.25, -0.2) is 0 Å². The van der Waals surface area contributed by atoms with E-state index in [1.807, 2.05) is 57.9 Å². The number of nitrogens with one attached hydrogen (secondary N) is 1. The molecule has 0 saturated carbocycles. The fourth-order valence-corrected chi connectivity index (χ4v) is 3.00. The molecule has 23 heavy (non-hydrogen) atoms. The number of rotatable bonds is 4. The first-order chi connectivity index (χ1) is 11.3. The Kier molecular flexibility index (Phi) is 3.39. The summed E-state index contributed by atoms with van der Waals surface area (Å²) in [6.07, 6.45) is 1.88. The molecular formula is C16H12N4O2S. The number of carbonyl (C=O) groups excluding carboxylic acids is 1. The second-order valence-corrected chi connectivity index (χ2v) is 5.76. The molecule has 1 aromatic carbocycles. The van der Waals surface area contributed by atoms with Gasteiger partial charge in [0.1, 0.15) is 6.54 Å². The van der Waals surface area contributed by atoms with Gasteiger partial charge < -0.3 is 8.98 Å². The molecule has 114 valence electrons. The van der Waals surface area contributed by atoms with Crippen molar-refractivity contribution in [2.45, 2.75) is 6.54 Å². The number of anilines is 1. The first-order valence-corrected chi connectivity index (χ1v) is 7.94. The lowest BCUT2D eigenvalue weighted by molar-refractivity contribution is -0.116. The Morgan fingerprint density at radius 3 is 3.00 bits per heavy atom. The van der Waals surface area contributed by atoms with Crippen LogP contribution in [0.4, 0.5) is 6.01 Å². The first kappa shape index (κ1) is 13.7. The Morgan fingerprint density at radius 2 is 2.13 bits per heavy atom. The Bertz CT molecular complexity index is 955. The first-order valence-electron chi connectivity index (χ1n) is 6.99. The van der Waals surface area contributed by atoms with Gasteiger partial charge in [-0.3, -0.25) is 10.1 Å². The lowest BCUT2D eigenvalue weighted by atomic mass is 10.2. The van der Waals surface area contributed by atoms with Crippen LogP contribution in [0.2, 0.25) is 0 Å². The third-order valence-electron chi connectivity index (χ3n) is 3.43. The van der Waals surface area contributed by atoms with Crippen molar-refractivity contribution >= 4 is 34.2 Å². The van der Waals surface area contributed by atoms with Crippen molar-refractivity contribution < 1.29 is 9.21 Å². The number of nitrogens with zero attached hydrogens (tertiary/aromatic N) is 3. The molecule has 0 bridgehead atoms. The smallest absolute Gasteiger partial charge is 0.322 e. The molecular weight excluding hydrogens is 312 g/mol. The highest BCUT2D eigenvalue weighted by molar-refractivity contribution is 7.08. The number of thiophene rings is 1. The predicted octanol–water partition coefficient (Wildman–Crippen LogP) is 3.39. The van der Waals surface area contributed by atoms with Gasteiger partial charge in [-0.05, 0) is 29.0 Å². The van der Waals surface area contributed by atoms with Crippen LogP contribution in [0.3, 0.4) is 0 Å². The predicted molar refractivity (Wildman–Crippen MR) is 88.2 cm³/mol. The Labute approximate surface area is 135 Å². The summed E-state index contributed by atoms with van der Waals surface area (Å²) in [7, 11) is 0. The lowest BCUT2D eigenvalue weighted by Crippen LogP contribution is -2.18. The molecule has 7 heteroatoms. The highest BCUT2D eigenvalue weighted by Gasteiger charge is 2.12. The maximum atomic E-state index is 12.2. The molecule has 1 amide bonds. The summed E-state index contributed by atoms with van der Waals surface area (Å²) in [5.74, 6) is 0.180. The minimum absolute atomic E-state index is 0.104. The van der Waals surface area contributed by atoms with Gasteiger partial charge in [0, 0.05) is 22.7 Å². The molecule has 1 N–H and O–H groups in total. The van der Waals surface area contributed by atoms with Gasteiger partial charge in [-0.15, -0.1) is 5.10 Å². The lowest BCUT2D eigenvalue weighted by Gasteiger charge is -2.04. The summed E-state index contributed by atoms with van der Waals surface area (Å²) in [6.45, 7) is 0.184. The molecule has 0 spiro atoms. The van der Waals surface area contributed by atoms with Gasteiger partial charge in [0.05, 0.1) is 0 Å². The topological polar surface area (TPSA) is 73.0 Å². The van der Waals surface area contributed by atoms with Crippen LogP contribution in [0.1, 0.15) is 0 Å². The second-order valence-electron chi connectivity index (χ2n) is 4.98. The molecule has 0 fully saturated rings. The number of aromatic nitrogens is 3. The number of benzene rings is 1. The fourth-order valence-electron chi connectivity index (χ4n) is 2.37. The summed E-state index contributed by atoms with van der Waals surface area (Å²) < 4.78 is 7.32. The minimum atomic E-state index is -0.216. The van der Waals surface area contributed by atoms with Gasteiger partial charge in [0.25, 0.3) is 5.89 Å². The average molecular weight is 324 g/mol. The van der Waals surface area contributed by atoms with Crippen molar-refractivity contribution in [1.82, 2.24) is 14.8 Å². The van der Waals surface area contributed by atoms with Gasteiger partial charge in [-0.2, -0.15) is 11.3 Å². The molecule has 6 nitrogen and oxygen atoms in total. The van der Waals surface area contributed by atoms with E-state index < -0.39 is 0 Å². The number of carbonyl (C=O) groups is 1. The molecule has 4 aromatic rings. The molecule has 0 aliphatic heterocycles. The van der Waals surface area contributed by atoms with Crippen molar-refractivity contribution in [3.05, 3.63) is 53.4 Å². The van der Waals surface area contributed by atoms with Gasteiger partial charge in [-0.1, -0.05) is 23.3 Å². The highest BCUT2D eigenvalue weighted by atomic mass is 32.1. The maximum absolute atomic E-state index is 12.2. The number of hydrogen-bond donors (Lipinski definition) is 1. The summed E-state index contributed by atoms with van der Waals surface area (Å²) in [4.78, 5) is 12.2. The van der Waals surface area contributed by atoms with Crippen molar-refractivity contribution in [1.29, 1.82) is 0 Å². The van der Waals surface area contributed by atoms with Gasteiger partial charge >= 0.3 is 6.01 Å². The minimum Gasteiger partial charge on any atom is -0.403 e. The van der Waals surface area contributed by atoms with Crippen molar-refractivity contribution in [3.63, 3.8) is 0 Å². The third kappa shape index (κ3) is 2.74. The molecule has 0 unspecified atom stereocenters. The van der Waals surface area contributed by atoms with E-state index in [-0.39, 0.29) is 18.5 Å². The van der Waals surface area contributed by atoms with E-state index in [1.165, 1.54) is 0 Å². The number of para-hydroxylation sites is 1. The zero-order valence-electron chi connectivity index (χ0n) is 12.0. The summed E-state index contributed by atoms with van der Waals surface area (Å²) in [5.41, 5.74) is 1.85. The molecule has 0 aliphatic rings. The number of amides is 1. The molecule has 0 radical (unpaired) electrons. The molecule has 0 saturated heterocycles. The van der Waals surface area contributed by atoms with Crippen LogP contribution < -0.4 is 5.32 Å². The van der Waals surface area contributed by atoms with E-state index in [4.69, 9.17) is 4.42 Å². The SMILES string of the molecule is O=C(Cn1ccc2ccccc21)Nc1nnc(-c2ccsc2)o1. The molecule has 0 atom stereocenters. The standard InChI is InChI=1S/C16H12N4O2S/c21-14(9-20-7-5-11-3-1-2-4-13(11)20)17-16-19-18-15(22-16)12-6-8-23-10-12/h1-8,10H,9H2,(H,17,19,21). The second kappa shape index (κ2) is 5.69. The molecule has 0 aliphatic carbocycles. The Hall–Kier alpha value is -2.93. The zero-order chi connectivity index (χ0) is 15.6. The Balaban J connectivity index is 1.48.